The van der Waals surface area contributed by atoms with E-state index in [2.05, 4.69) is 20.7 Å². The lowest BCUT2D eigenvalue weighted by Crippen LogP contribution is -2.30. The largest absolute Gasteiger partial charge is 0.493 e. The van der Waals surface area contributed by atoms with Crippen LogP contribution in [0.4, 0.5) is 0 Å². The second kappa shape index (κ2) is 9.28. The van der Waals surface area contributed by atoms with Crippen molar-refractivity contribution in [1.82, 2.24) is 9.62 Å². The van der Waals surface area contributed by atoms with E-state index in [1.54, 1.807) is 18.0 Å². The van der Waals surface area contributed by atoms with E-state index in [0.717, 1.165) is 24.2 Å². The number of hydrogen-bond acceptors (Lipinski definition) is 4. The van der Waals surface area contributed by atoms with Crippen LogP contribution in [0.25, 0.3) is 0 Å². The summed E-state index contributed by atoms with van der Waals surface area (Å²) in [5.41, 5.74) is 1.39. The summed E-state index contributed by atoms with van der Waals surface area (Å²) in [5, 5.41) is 0. The SMILES string of the molecule is Cc1ccccc1OCCCN(C)C(=O)c1cc(S(=O)(=O)NC2CC2)ccc1Br. The first kappa shape index (κ1) is 21.8. The Morgan fingerprint density at radius 1 is 1.24 bits per heavy atom. The van der Waals surface area contributed by atoms with Gasteiger partial charge in [0.15, 0.2) is 0 Å². The van der Waals surface area contributed by atoms with Crippen LogP contribution in [0.3, 0.4) is 0 Å². The molecule has 1 fully saturated rings. The van der Waals surface area contributed by atoms with Crippen molar-refractivity contribution in [3.63, 3.8) is 0 Å². The zero-order chi connectivity index (χ0) is 21.0. The summed E-state index contributed by atoms with van der Waals surface area (Å²) < 4.78 is 33.9. The maximum absolute atomic E-state index is 12.8. The van der Waals surface area contributed by atoms with Crippen molar-refractivity contribution < 1.29 is 17.9 Å². The number of rotatable bonds is 9. The van der Waals surface area contributed by atoms with Gasteiger partial charge in [-0.25, -0.2) is 13.1 Å². The van der Waals surface area contributed by atoms with Crippen LogP contribution >= 0.6 is 15.9 Å². The Labute approximate surface area is 180 Å². The fourth-order valence-electron chi connectivity index (χ4n) is 2.83. The van der Waals surface area contributed by atoms with Gasteiger partial charge < -0.3 is 9.64 Å². The Hall–Kier alpha value is -1.90. The minimum Gasteiger partial charge on any atom is -0.493 e. The maximum Gasteiger partial charge on any atom is 0.254 e. The molecule has 0 spiro atoms. The average Bonchev–Trinajstić information content (AvgIpc) is 3.49. The lowest BCUT2D eigenvalue weighted by molar-refractivity contribution is 0.0786. The number of hydrogen-bond donors (Lipinski definition) is 1. The fourth-order valence-corrected chi connectivity index (χ4v) is 4.58. The van der Waals surface area contributed by atoms with Crippen molar-refractivity contribution >= 4 is 31.9 Å². The first-order valence-electron chi connectivity index (χ1n) is 9.54. The van der Waals surface area contributed by atoms with Crippen LogP contribution in [0.2, 0.25) is 0 Å². The van der Waals surface area contributed by atoms with Crippen LogP contribution in [0.5, 0.6) is 5.75 Å². The van der Waals surface area contributed by atoms with E-state index >= 15 is 0 Å². The third-order valence-corrected chi connectivity index (χ3v) is 6.92. The molecule has 0 atom stereocenters. The van der Waals surface area contributed by atoms with Gasteiger partial charge in [0, 0.05) is 24.1 Å². The van der Waals surface area contributed by atoms with Gasteiger partial charge in [0.1, 0.15) is 5.75 Å². The van der Waals surface area contributed by atoms with Gasteiger partial charge in [-0.15, -0.1) is 0 Å². The molecule has 1 aliphatic rings. The number of halogens is 1. The summed E-state index contributed by atoms with van der Waals surface area (Å²) in [6.45, 7) is 2.97. The molecule has 1 N–H and O–H groups in total. The molecule has 0 aliphatic heterocycles. The number of amides is 1. The van der Waals surface area contributed by atoms with Gasteiger partial charge in [-0.2, -0.15) is 0 Å². The number of carbonyl (C=O) groups excluding carboxylic acids is 1. The van der Waals surface area contributed by atoms with E-state index in [1.165, 1.54) is 12.1 Å². The molecular weight excluding hydrogens is 456 g/mol. The average molecular weight is 481 g/mol. The van der Waals surface area contributed by atoms with Gasteiger partial charge in [-0.05, 0) is 71.9 Å². The molecule has 1 amide bonds. The minimum absolute atomic E-state index is 0.0127. The van der Waals surface area contributed by atoms with Crippen LogP contribution in [0.1, 0.15) is 35.2 Å². The van der Waals surface area contributed by atoms with Crippen LogP contribution in [0, 0.1) is 6.92 Å². The monoisotopic (exact) mass is 480 g/mol. The number of benzene rings is 2. The molecule has 29 heavy (non-hydrogen) atoms. The van der Waals surface area contributed by atoms with Crippen molar-refractivity contribution in [2.75, 3.05) is 20.2 Å². The Morgan fingerprint density at radius 2 is 1.97 bits per heavy atom. The van der Waals surface area contributed by atoms with Crippen LogP contribution in [0.15, 0.2) is 51.8 Å². The van der Waals surface area contributed by atoms with Crippen LogP contribution < -0.4 is 9.46 Å². The third kappa shape index (κ3) is 5.81. The molecule has 8 heteroatoms. The third-order valence-electron chi connectivity index (χ3n) is 4.71. The Bertz CT molecular complexity index is 990. The highest BCUT2D eigenvalue weighted by molar-refractivity contribution is 9.10. The molecular formula is C21H25BrN2O4S. The van der Waals surface area contributed by atoms with Gasteiger partial charge in [0.25, 0.3) is 5.91 Å². The normalized spacial score (nSPS) is 13.9. The van der Waals surface area contributed by atoms with Crippen molar-refractivity contribution in [1.29, 1.82) is 0 Å². The molecule has 2 aromatic rings. The highest BCUT2D eigenvalue weighted by Gasteiger charge is 2.29. The Kier molecular flexibility index (Phi) is 6.97. The summed E-state index contributed by atoms with van der Waals surface area (Å²) in [7, 11) is -1.91. The second-order valence-corrected chi connectivity index (χ2v) is 9.80. The van der Waals surface area contributed by atoms with E-state index < -0.39 is 10.0 Å². The Morgan fingerprint density at radius 3 is 2.66 bits per heavy atom. The van der Waals surface area contributed by atoms with Gasteiger partial charge in [-0.3, -0.25) is 4.79 Å². The molecule has 0 aromatic heterocycles. The van der Waals surface area contributed by atoms with Crippen molar-refractivity contribution in [3.05, 3.63) is 58.1 Å². The summed E-state index contributed by atoms with van der Waals surface area (Å²) in [4.78, 5) is 14.5. The fraction of sp³-hybridized carbons (Fsp3) is 0.381. The van der Waals surface area contributed by atoms with E-state index in [4.69, 9.17) is 4.74 Å². The zero-order valence-corrected chi connectivity index (χ0v) is 18.9. The lowest BCUT2D eigenvalue weighted by Gasteiger charge is -2.19. The second-order valence-electron chi connectivity index (χ2n) is 7.23. The number of nitrogens with zero attached hydrogens (tertiary/aromatic N) is 1. The molecule has 2 aromatic carbocycles. The zero-order valence-electron chi connectivity index (χ0n) is 16.5. The van der Waals surface area contributed by atoms with Crippen LogP contribution in [-0.4, -0.2) is 45.5 Å². The standard InChI is InChI=1S/C21H25BrN2O4S/c1-15-6-3-4-7-20(15)28-13-5-12-24(2)21(25)18-14-17(10-11-19(18)22)29(26,27)23-16-8-9-16/h3-4,6-7,10-11,14,16,23H,5,8-9,12-13H2,1-2H3. The number of aryl methyl sites for hydroxylation is 1. The van der Waals surface area contributed by atoms with Gasteiger partial charge in [0.05, 0.1) is 17.1 Å². The quantitative estimate of drug-likeness (QED) is 0.554. The van der Waals surface area contributed by atoms with Gasteiger partial charge >= 0.3 is 0 Å². The van der Waals surface area contributed by atoms with Crippen molar-refractivity contribution in [3.8, 4) is 5.75 Å². The molecule has 0 radical (unpaired) electrons. The summed E-state index contributed by atoms with van der Waals surface area (Å²) in [6, 6.07) is 12.3. The highest BCUT2D eigenvalue weighted by atomic mass is 79.9. The number of nitrogens with one attached hydrogen (secondary N) is 1. The number of ether oxygens (including phenoxy) is 1. The van der Waals surface area contributed by atoms with E-state index in [1.807, 2.05) is 31.2 Å². The molecule has 0 heterocycles. The molecule has 0 unspecified atom stereocenters. The lowest BCUT2D eigenvalue weighted by atomic mass is 10.2. The first-order valence-corrected chi connectivity index (χ1v) is 11.8. The molecule has 3 rings (SSSR count). The molecule has 156 valence electrons. The van der Waals surface area contributed by atoms with Crippen molar-refractivity contribution in [2.24, 2.45) is 0 Å². The molecule has 0 saturated heterocycles. The first-order chi connectivity index (χ1) is 13.8. The summed E-state index contributed by atoms with van der Waals surface area (Å²) in [5.74, 6) is 0.599. The van der Waals surface area contributed by atoms with E-state index in [-0.39, 0.29) is 16.8 Å². The van der Waals surface area contributed by atoms with Crippen LogP contribution in [-0.2, 0) is 10.0 Å². The molecule has 0 bridgehead atoms. The maximum atomic E-state index is 12.8. The topological polar surface area (TPSA) is 75.7 Å². The van der Waals surface area contributed by atoms with Gasteiger partial charge in [0.2, 0.25) is 10.0 Å². The number of carbonyl (C=O) groups is 1. The number of para-hydroxylation sites is 1. The number of sulfonamides is 1. The predicted molar refractivity (Wildman–Crippen MR) is 116 cm³/mol. The van der Waals surface area contributed by atoms with E-state index in [0.29, 0.717) is 29.6 Å². The summed E-state index contributed by atoms with van der Waals surface area (Å²) >= 11 is 3.36. The molecule has 1 aliphatic carbocycles. The minimum atomic E-state index is -3.61. The predicted octanol–water partition coefficient (Wildman–Crippen LogP) is 3.74. The van der Waals surface area contributed by atoms with Gasteiger partial charge in [-0.1, -0.05) is 18.2 Å². The molecule has 6 nitrogen and oxygen atoms in total. The van der Waals surface area contributed by atoms with E-state index in [9.17, 15) is 13.2 Å². The highest BCUT2D eigenvalue weighted by Crippen LogP contribution is 2.25. The Balaban J connectivity index is 1.60. The smallest absolute Gasteiger partial charge is 0.254 e. The van der Waals surface area contributed by atoms with Crippen molar-refractivity contribution in [2.45, 2.75) is 37.1 Å². The molecule has 1 saturated carbocycles. The summed E-state index contributed by atoms with van der Waals surface area (Å²) in [6.07, 6.45) is 2.37.